The molecule has 0 aromatic heterocycles. The Balaban J connectivity index is 1.69. The predicted molar refractivity (Wildman–Crippen MR) is 49.2 cm³/mol. The van der Waals surface area contributed by atoms with Crippen LogP contribution >= 0.6 is 0 Å². The van der Waals surface area contributed by atoms with Gasteiger partial charge in [0.05, 0.1) is 19.3 Å². The lowest BCUT2D eigenvalue weighted by Crippen LogP contribution is -2.50. The van der Waals surface area contributed by atoms with Crippen LogP contribution in [-0.2, 0) is 4.74 Å². The van der Waals surface area contributed by atoms with Crippen molar-refractivity contribution in [1.29, 1.82) is 0 Å². The molecule has 70 valence electrons. The second-order valence-electron chi connectivity index (χ2n) is 4.09. The molecule has 1 saturated heterocycles. The topological polar surface area (TPSA) is 21.3 Å². The van der Waals surface area contributed by atoms with Crippen LogP contribution in [0.3, 0.4) is 0 Å². The summed E-state index contributed by atoms with van der Waals surface area (Å²) in [5.74, 6) is 0. The summed E-state index contributed by atoms with van der Waals surface area (Å²) in [6, 6.07) is 1.47. The van der Waals surface area contributed by atoms with E-state index in [0.717, 1.165) is 19.3 Å². The van der Waals surface area contributed by atoms with Crippen molar-refractivity contribution in [3.63, 3.8) is 0 Å². The first-order valence-corrected chi connectivity index (χ1v) is 5.29. The average molecular weight is 169 g/mol. The number of nitrogens with one attached hydrogen (secondary N) is 1. The monoisotopic (exact) mass is 169 g/mol. The zero-order chi connectivity index (χ0) is 8.23. The average Bonchev–Trinajstić information content (AvgIpc) is 2.24. The zero-order valence-corrected chi connectivity index (χ0v) is 7.72. The second kappa shape index (κ2) is 4.24. The Bertz CT molecular complexity index is 126. The van der Waals surface area contributed by atoms with Crippen LogP contribution in [0.4, 0.5) is 0 Å². The second-order valence-corrected chi connectivity index (χ2v) is 4.09. The quantitative estimate of drug-likeness (QED) is 0.635. The van der Waals surface area contributed by atoms with Crippen molar-refractivity contribution < 1.29 is 4.74 Å². The Morgan fingerprint density at radius 2 is 1.50 bits per heavy atom. The summed E-state index contributed by atoms with van der Waals surface area (Å²) < 4.78 is 5.15. The van der Waals surface area contributed by atoms with Gasteiger partial charge in [0, 0.05) is 6.04 Å². The van der Waals surface area contributed by atoms with E-state index >= 15 is 0 Å². The maximum absolute atomic E-state index is 5.15. The molecular formula is C10H19NO. The smallest absolute Gasteiger partial charge is 0.0643 e. The molecule has 0 unspecified atom stereocenters. The summed E-state index contributed by atoms with van der Waals surface area (Å²) in [5.41, 5.74) is 0. The summed E-state index contributed by atoms with van der Waals surface area (Å²) in [7, 11) is 0. The maximum Gasteiger partial charge on any atom is 0.0643 e. The van der Waals surface area contributed by atoms with Gasteiger partial charge in [-0.2, -0.15) is 0 Å². The van der Waals surface area contributed by atoms with Crippen LogP contribution in [0.25, 0.3) is 0 Å². The molecule has 0 aromatic carbocycles. The van der Waals surface area contributed by atoms with Crippen LogP contribution in [0.15, 0.2) is 0 Å². The van der Waals surface area contributed by atoms with Gasteiger partial charge in [-0.3, -0.25) is 0 Å². The number of hydrogen-bond donors (Lipinski definition) is 1. The van der Waals surface area contributed by atoms with Gasteiger partial charge in [0.1, 0.15) is 0 Å². The van der Waals surface area contributed by atoms with Crippen LogP contribution in [0.1, 0.15) is 38.5 Å². The lowest BCUT2D eigenvalue weighted by Gasteiger charge is -2.31. The lowest BCUT2D eigenvalue weighted by molar-refractivity contribution is -0.0107. The van der Waals surface area contributed by atoms with E-state index in [-0.39, 0.29) is 0 Å². The molecule has 1 N–H and O–H groups in total. The van der Waals surface area contributed by atoms with Gasteiger partial charge in [0.25, 0.3) is 0 Å². The van der Waals surface area contributed by atoms with Gasteiger partial charge >= 0.3 is 0 Å². The third-order valence-electron chi connectivity index (χ3n) is 2.96. The fourth-order valence-electron chi connectivity index (χ4n) is 2.11. The molecule has 2 heteroatoms. The summed E-state index contributed by atoms with van der Waals surface area (Å²) in [4.78, 5) is 0. The number of rotatable bonds is 2. The molecule has 1 aliphatic heterocycles. The van der Waals surface area contributed by atoms with Crippen LogP contribution in [-0.4, -0.2) is 25.3 Å². The summed E-state index contributed by atoms with van der Waals surface area (Å²) >= 11 is 0. The molecule has 0 radical (unpaired) electrons. The summed E-state index contributed by atoms with van der Waals surface area (Å²) in [5, 5.41) is 3.67. The minimum atomic E-state index is 0.674. The number of hydrogen-bond acceptors (Lipinski definition) is 2. The molecule has 1 aliphatic carbocycles. The molecule has 0 amide bonds. The van der Waals surface area contributed by atoms with E-state index in [0.29, 0.717) is 6.04 Å². The van der Waals surface area contributed by atoms with E-state index in [2.05, 4.69) is 5.32 Å². The van der Waals surface area contributed by atoms with Gasteiger partial charge in [-0.1, -0.05) is 25.7 Å². The van der Waals surface area contributed by atoms with E-state index in [4.69, 9.17) is 4.74 Å². The van der Waals surface area contributed by atoms with Gasteiger partial charge in [0.2, 0.25) is 0 Å². The molecule has 1 saturated carbocycles. The molecule has 2 fully saturated rings. The van der Waals surface area contributed by atoms with Gasteiger partial charge in [-0.25, -0.2) is 0 Å². The first kappa shape index (κ1) is 8.52. The third-order valence-corrected chi connectivity index (χ3v) is 2.96. The summed E-state index contributed by atoms with van der Waals surface area (Å²) in [6.07, 6.45) is 8.50. The molecule has 2 nitrogen and oxygen atoms in total. The van der Waals surface area contributed by atoms with Crippen LogP contribution in [0.2, 0.25) is 0 Å². The molecule has 2 aliphatic rings. The largest absolute Gasteiger partial charge is 0.378 e. The van der Waals surface area contributed by atoms with Crippen molar-refractivity contribution in [2.75, 3.05) is 13.2 Å². The molecule has 0 aromatic rings. The van der Waals surface area contributed by atoms with Crippen LogP contribution in [0, 0.1) is 0 Å². The molecule has 12 heavy (non-hydrogen) atoms. The Labute approximate surface area is 74.7 Å². The standard InChI is InChI=1S/C10H19NO/c1-2-4-6-9(5-3-1)11-10-7-12-8-10/h9-11H,1-8H2. The highest BCUT2D eigenvalue weighted by molar-refractivity contribution is 4.79. The first-order valence-electron chi connectivity index (χ1n) is 5.29. The van der Waals surface area contributed by atoms with E-state index in [1.165, 1.54) is 38.5 Å². The van der Waals surface area contributed by atoms with E-state index in [1.807, 2.05) is 0 Å². The molecule has 0 spiro atoms. The summed E-state index contributed by atoms with van der Waals surface area (Å²) in [6.45, 7) is 1.88. The number of ether oxygens (including phenoxy) is 1. The van der Waals surface area contributed by atoms with E-state index in [1.54, 1.807) is 0 Å². The van der Waals surface area contributed by atoms with Crippen molar-refractivity contribution >= 4 is 0 Å². The fourth-order valence-corrected chi connectivity index (χ4v) is 2.11. The molecule has 0 bridgehead atoms. The van der Waals surface area contributed by atoms with Gasteiger partial charge < -0.3 is 10.1 Å². The fraction of sp³-hybridized carbons (Fsp3) is 1.00. The highest BCUT2D eigenvalue weighted by atomic mass is 16.5. The highest BCUT2D eigenvalue weighted by Gasteiger charge is 2.22. The Kier molecular flexibility index (Phi) is 3.01. The van der Waals surface area contributed by atoms with Crippen molar-refractivity contribution in [3.8, 4) is 0 Å². The van der Waals surface area contributed by atoms with Crippen molar-refractivity contribution in [2.24, 2.45) is 0 Å². The SMILES string of the molecule is C1CCCC(NC2COC2)CC1. The first-order chi connectivity index (χ1) is 5.95. The minimum Gasteiger partial charge on any atom is -0.378 e. The third kappa shape index (κ3) is 2.20. The normalized spacial score (nSPS) is 28.0. The Morgan fingerprint density at radius 3 is 2.00 bits per heavy atom. The van der Waals surface area contributed by atoms with Crippen LogP contribution in [0.5, 0.6) is 0 Å². The van der Waals surface area contributed by atoms with Crippen molar-refractivity contribution in [1.82, 2.24) is 5.32 Å². The highest BCUT2D eigenvalue weighted by Crippen LogP contribution is 2.18. The maximum atomic E-state index is 5.15. The van der Waals surface area contributed by atoms with Gasteiger partial charge in [-0.05, 0) is 12.8 Å². The lowest BCUT2D eigenvalue weighted by atomic mass is 10.1. The molecule has 1 heterocycles. The zero-order valence-electron chi connectivity index (χ0n) is 7.72. The van der Waals surface area contributed by atoms with Crippen LogP contribution < -0.4 is 5.32 Å². The van der Waals surface area contributed by atoms with Gasteiger partial charge in [0.15, 0.2) is 0 Å². The minimum absolute atomic E-state index is 0.674. The van der Waals surface area contributed by atoms with E-state index < -0.39 is 0 Å². The van der Waals surface area contributed by atoms with E-state index in [9.17, 15) is 0 Å². The molecule has 2 rings (SSSR count). The van der Waals surface area contributed by atoms with Crippen molar-refractivity contribution in [3.05, 3.63) is 0 Å². The molecular weight excluding hydrogens is 150 g/mol. The molecule has 0 atom stereocenters. The Hall–Kier alpha value is -0.0800. The van der Waals surface area contributed by atoms with Gasteiger partial charge in [-0.15, -0.1) is 0 Å². The Morgan fingerprint density at radius 1 is 0.833 bits per heavy atom. The predicted octanol–water partition coefficient (Wildman–Crippen LogP) is 1.70. The van der Waals surface area contributed by atoms with Crippen molar-refractivity contribution in [2.45, 2.75) is 50.6 Å².